The molecule has 0 radical (unpaired) electrons. The number of benzene rings is 1. The average molecular weight is 391 g/mol. The van der Waals surface area contributed by atoms with Crippen LogP contribution in [-0.2, 0) is 16.1 Å². The fourth-order valence-electron chi connectivity index (χ4n) is 2.74. The maximum atomic E-state index is 12.4. The standard InChI is InChI=1S/C20H26N2O4S/c1-6-26-20(24)19-14(3)10-18(27-19)21-17(23)12-22(4)11-15-9-13(2)7-8-16(15)25-5/h7-10H,6,11-12H2,1-5H3,(H,21,23). The van der Waals surface area contributed by atoms with Crippen LogP contribution >= 0.6 is 11.3 Å². The van der Waals surface area contributed by atoms with Gasteiger partial charge in [-0.3, -0.25) is 9.69 Å². The molecule has 1 aromatic carbocycles. The Balaban J connectivity index is 1.97. The molecule has 2 rings (SSSR count). The van der Waals surface area contributed by atoms with Gasteiger partial charge in [0.2, 0.25) is 5.91 Å². The number of hydrogen-bond acceptors (Lipinski definition) is 6. The quantitative estimate of drug-likeness (QED) is 0.697. The number of thiophene rings is 1. The molecule has 2 aromatic rings. The minimum absolute atomic E-state index is 0.138. The molecule has 0 atom stereocenters. The fraction of sp³-hybridized carbons (Fsp3) is 0.400. The summed E-state index contributed by atoms with van der Waals surface area (Å²) in [5.41, 5.74) is 2.97. The van der Waals surface area contributed by atoms with Crippen molar-refractivity contribution < 1.29 is 19.1 Å². The minimum Gasteiger partial charge on any atom is -0.496 e. The Morgan fingerprint density at radius 2 is 1.96 bits per heavy atom. The zero-order valence-corrected chi connectivity index (χ0v) is 17.2. The van der Waals surface area contributed by atoms with E-state index in [1.165, 1.54) is 11.3 Å². The molecule has 0 aliphatic carbocycles. The van der Waals surface area contributed by atoms with Crippen molar-refractivity contribution in [1.82, 2.24) is 4.90 Å². The Kier molecular flexibility index (Phi) is 7.38. The second-order valence-electron chi connectivity index (χ2n) is 6.38. The summed E-state index contributed by atoms with van der Waals surface area (Å²) in [5.74, 6) is 0.311. The molecule has 1 amide bonds. The van der Waals surface area contributed by atoms with Crippen LogP contribution in [0.15, 0.2) is 24.3 Å². The first kappa shape index (κ1) is 20.9. The molecule has 0 aliphatic rings. The van der Waals surface area contributed by atoms with Crippen LogP contribution in [-0.4, -0.2) is 44.1 Å². The average Bonchev–Trinajstić information content (AvgIpc) is 2.95. The molecule has 0 spiro atoms. The van der Waals surface area contributed by atoms with Crippen molar-refractivity contribution in [3.05, 3.63) is 45.8 Å². The van der Waals surface area contributed by atoms with Crippen molar-refractivity contribution >= 4 is 28.2 Å². The third kappa shape index (κ3) is 5.80. The van der Waals surface area contributed by atoms with Gasteiger partial charge in [0.25, 0.3) is 0 Å². The molecule has 0 unspecified atom stereocenters. The van der Waals surface area contributed by atoms with E-state index in [1.54, 1.807) is 20.1 Å². The minimum atomic E-state index is -0.357. The molecule has 1 aromatic heterocycles. The molecule has 0 saturated heterocycles. The fourth-order valence-corrected chi connectivity index (χ4v) is 3.73. The number of esters is 1. The van der Waals surface area contributed by atoms with E-state index in [9.17, 15) is 9.59 Å². The van der Waals surface area contributed by atoms with Crippen LogP contribution in [0.4, 0.5) is 5.00 Å². The number of amides is 1. The lowest BCUT2D eigenvalue weighted by Gasteiger charge is -2.18. The lowest BCUT2D eigenvalue weighted by molar-refractivity contribution is -0.117. The molecular weight excluding hydrogens is 364 g/mol. The number of anilines is 1. The summed E-state index contributed by atoms with van der Waals surface area (Å²) in [6.45, 7) is 6.76. The highest BCUT2D eigenvalue weighted by atomic mass is 32.1. The molecule has 0 aliphatic heterocycles. The first-order valence-electron chi connectivity index (χ1n) is 8.73. The van der Waals surface area contributed by atoms with Crippen molar-refractivity contribution in [3.63, 3.8) is 0 Å². The van der Waals surface area contributed by atoms with E-state index < -0.39 is 0 Å². The molecular formula is C20H26N2O4S. The summed E-state index contributed by atoms with van der Waals surface area (Å²) < 4.78 is 10.4. The van der Waals surface area contributed by atoms with E-state index >= 15 is 0 Å². The number of hydrogen-bond donors (Lipinski definition) is 1. The molecule has 7 heteroatoms. The van der Waals surface area contributed by atoms with Crippen LogP contribution in [0, 0.1) is 13.8 Å². The highest BCUT2D eigenvalue weighted by Crippen LogP contribution is 2.27. The van der Waals surface area contributed by atoms with E-state index in [-0.39, 0.29) is 18.4 Å². The van der Waals surface area contributed by atoms with Gasteiger partial charge in [-0.25, -0.2) is 4.79 Å². The molecule has 0 saturated carbocycles. The van der Waals surface area contributed by atoms with Crippen LogP contribution in [0.25, 0.3) is 0 Å². The summed E-state index contributed by atoms with van der Waals surface area (Å²) in [5, 5.41) is 3.50. The number of nitrogens with zero attached hydrogens (tertiary/aromatic N) is 1. The maximum absolute atomic E-state index is 12.4. The summed E-state index contributed by atoms with van der Waals surface area (Å²) in [4.78, 5) is 26.7. The number of ether oxygens (including phenoxy) is 2. The van der Waals surface area contributed by atoms with Crippen molar-refractivity contribution in [2.45, 2.75) is 27.3 Å². The highest BCUT2D eigenvalue weighted by Gasteiger charge is 2.17. The summed E-state index contributed by atoms with van der Waals surface area (Å²) in [7, 11) is 3.52. The lowest BCUT2D eigenvalue weighted by atomic mass is 10.1. The Labute approximate surface area is 164 Å². The van der Waals surface area contributed by atoms with Crippen LogP contribution in [0.1, 0.15) is 33.3 Å². The van der Waals surface area contributed by atoms with Crippen molar-refractivity contribution in [1.29, 1.82) is 0 Å². The van der Waals surface area contributed by atoms with Gasteiger partial charge < -0.3 is 14.8 Å². The van der Waals surface area contributed by atoms with Crippen molar-refractivity contribution in [3.8, 4) is 5.75 Å². The number of aryl methyl sites for hydroxylation is 2. The predicted molar refractivity (Wildman–Crippen MR) is 108 cm³/mol. The SMILES string of the molecule is CCOC(=O)c1sc(NC(=O)CN(C)Cc2cc(C)ccc2OC)cc1C. The number of likely N-dealkylation sites (N-methyl/N-ethyl adjacent to an activating group) is 1. The Morgan fingerprint density at radius 1 is 1.22 bits per heavy atom. The van der Waals surface area contributed by atoms with Crippen LogP contribution in [0.3, 0.4) is 0 Å². The maximum Gasteiger partial charge on any atom is 0.348 e. The molecule has 27 heavy (non-hydrogen) atoms. The van der Waals surface area contributed by atoms with Gasteiger partial charge >= 0.3 is 5.97 Å². The number of carbonyl (C=O) groups excluding carboxylic acids is 2. The van der Waals surface area contributed by atoms with Crippen LogP contribution in [0.5, 0.6) is 5.75 Å². The summed E-state index contributed by atoms with van der Waals surface area (Å²) >= 11 is 1.23. The van der Waals surface area contributed by atoms with Gasteiger partial charge in [0.05, 0.1) is 25.3 Å². The Bertz CT molecular complexity index is 816. The number of methoxy groups -OCH3 is 1. The van der Waals surface area contributed by atoms with Gasteiger partial charge in [-0.05, 0) is 45.5 Å². The Hall–Kier alpha value is -2.38. The largest absolute Gasteiger partial charge is 0.496 e. The van der Waals surface area contributed by atoms with Crippen LogP contribution in [0.2, 0.25) is 0 Å². The van der Waals surface area contributed by atoms with Gasteiger partial charge in [-0.15, -0.1) is 11.3 Å². The van der Waals surface area contributed by atoms with E-state index in [0.717, 1.165) is 22.4 Å². The third-order valence-corrected chi connectivity index (χ3v) is 5.06. The first-order valence-corrected chi connectivity index (χ1v) is 9.55. The van der Waals surface area contributed by atoms with Gasteiger partial charge in [-0.1, -0.05) is 17.7 Å². The van der Waals surface area contributed by atoms with Gasteiger partial charge in [0.15, 0.2) is 0 Å². The molecule has 0 fully saturated rings. The second-order valence-corrected chi connectivity index (χ2v) is 7.43. The number of rotatable bonds is 8. The summed E-state index contributed by atoms with van der Waals surface area (Å²) in [6.07, 6.45) is 0. The lowest BCUT2D eigenvalue weighted by Crippen LogP contribution is -2.29. The zero-order chi connectivity index (χ0) is 20.0. The monoisotopic (exact) mass is 390 g/mol. The first-order chi connectivity index (χ1) is 12.8. The predicted octanol–water partition coefficient (Wildman–Crippen LogP) is 3.62. The zero-order valence-electron chi connectivity index (χ0n) is 16.4. The molecule has 1 heterocycles. The van der Waals surface area contributed by atoms with E-state index in [1.807, 2.05) is 37.9 Å². The van der Waals surface area contributed by atoms with E-state index in [2.05, 4.69) is 11.4 Å². The van der Waals surface area contributed by atoms with Gasteiger partial charge in [0, 0.05) is 12.1 Å². The van der Waals surface area contributed by atoms with E-state index in [4.69, 9.17) is 9.47 Å². The summed E-state index contributed by atoms with van der Waals surface area (Å²) in [6, 6.07) is 7.78. The molecule has 0 bridgehead atoms. The van der Waals surface area contributed by atoms with E-state index in [0.29, 0.717) is 23.0 Å². The smallest absolute Gasteiger partial charge is 0.348 e. The molecule has 6 nitrogen and oxygen atoms in total. The van der Waals surface area contributed by atoms with Crippen molar-refractivity contribution in [2.24, 2.45) is 0 Å². The highest BCUT2D eigenvalue weighted by molar-refractivity contribution is 7.18. The third-order valence-electron chi connectivity index (χ3n) is 3.93. The topological polar surface area (TPSA) is 67.9 Å². The second kappa shape index (κ2) is 9.53. The molecule has 1 N–H and O–H groups in total. The Morgan fingerprint density at radius 3 is 2.63 bits per heavy atom. The molecule has 146 valence electrons. The van der Waals surface area contributed by atoms with Crippen LogP contribution < -0.4 is 10.1 Å². The van der Waals surface area contributed by atoms with Gasteiger partial charge in [0.1, 0.15) is 10.6 Å². The number of carbonyl (C=O) groups is 2. The number of nitrogens with one attached hydrogen (secondary N) is 1. The van der Waals surface area contributed by atoms with Gasteiger partial charge in [-0.2, -0.15) is 0 Å². The van der Waals surface area contributed by atoms with Crippen molar-refractivity contribution in [2.75, 3.05) is 32.6 Å². The normalized spacial score (nSPS) is 10.7.